The van der Waals surface area contributed by atoms with Gasteiger partial charge in [-0.3, -0.25) is 4.79 Å². The molecule has 0 bridgehead atoms. The third-order valence-electron chi connectivity index (χ3n) is 4.12. The Hall–Kier alpha value is -2.08. The number of hydrogen-bond donors (Lipinski definition) is 1. The predicted molar refractivity (Wildman–Crippen MR) is 88.0 cm³/mol. The van der Waals surface area contributed by atoms with Gasteiger partial charge in [0.15, 0.2) is 0 Å². The minimum Gasteiger partial charge on any atom is -0.375 e. The lowest BCUT2D eigenvalue weighted by Crippen LogP contribution is -2.43. The van der Waals surface area contributed by atoms with Gasteiger partial charge in [0.2, 0.25) is 5.91 Å². The van der Waals surface area contributed by atoms with Crippen LogP contribution in [0.25, 0.3) is 0 Å². The van der Waals surface area contributed by atoms with Crippen LogP contribution in [0.15, 0.2) is 30.3 Å². The molecule has 0 radical (unpaired) electrons. The standard InChI is InChI=1S/C17H25N3O3/c1-14(21)19-9-6-10-20(12-11-19)17(22)18-13-16(23-2)15-7-4-3-5-8-15/h3-5,7-8,16H,6,9-13H2,1-2H3,(H,18,22). The molecule has 6 heteroatoms. The Morgan fingerprint density at radius 2 is 1.78 bits per heavy atom. The molecule has 23 heavy (non-hydrogen) atoms. The number of urea groups is 1. The molecule has 1 heterocycles. The fourth-order valence-electron chi connectivity index (χ4n) is 2.73. The topological polar surface area (TPSA) is 61.9 Å². The van der Waals surface area contributed by atoms with Crippen LogP contribution in [0.4, 0.5) is 4.79 Å². The summed E-state index contributed by atoms with van der Waals surface area (Å²) in [5, 5.41) is 2.93. The molecule has 1 aliphatic heterocycles. The van der Waals surface area contributed by atoms with E-state index in [2.05, 4.69) is 5.32 Å². The van der Waals surface area contributed by atoms with Gasteiger partial charge >= 0.3 is 6.03 Å². The van der Waals surface area contributed by atoms with Crippen molar-refractivity contribution < 1.29 is 14.3 Å². The van der Waals surface area contributed by atoms with Crippen molar-refractivity contribution in [1.29, 1.82) is 0 Å². The van der Waals surface area contributed by atoms with Crippen molar-refractivity contribution in [3.63, 3.8) is 0 Å². The molecule has 0 aliphatic carbocycles. The molecule has 126 valence electrons. The molecule has 0 saturated carbocycles. The maximum atomic E-state index is 12.3. The first-order valence-electron chi connectivity index (χ1n) is 7.98. The highest BCUT2D eigenvalue weighted by Gasteiger charge is 2.21. The van der Waals surface area contributed by atoms with Crippen LogP contribution >= 0.6 is 0 Å². The van der Waals surface area contributed by atoms with Gasteiger partial charge < -0.3 is 19.9 Å². The monoisotopic (exact) mass is 319 g/mol. The summed E-state index contributed by atoms with van der Waals surface area (Å²) < 4.78 is 5.46. The third-order valence-corrected chi connectivity index (χ3v) is 4.12. The van der Waals surface area contributed by atoms with E-state index in [4.69, 9.17) is 4.74 Å². The molecule has 1 N–H and O–H groups in total. The Kier molecular flexibility index (Phi) is 6.40. The normalized spacial score (nSPS) is 16.6. The van der Waals surface area contributed by atoms with Crippen molar-refractivity contribution in [3.8, 4) is 0 Å². The van der Waals surface area contributed by atoms with E-state index in [0.29, 0.717) is 32.7 Å². The van der Waals surface area contributed by atoms with Crippen molar-refractivity contribution >= 4 is 11.9 Å². The summed E-state index contributed by atoms with van der Waals surface area (Å²) in [4.78, 5) is 27.3. The van der Waals surface area contributed by atoms with Gasteiger partial charge in [-0.15, -0.1) is 0 Å². The van der Waals surface area contributed by atoms with Crippen LogP contribution in [-0.2, 0) is 9.53 Å². The van der Waals surface area contributed by atoms with Gasteiger partial charge in [-0.1, -0.05) is 30.3 Å². The maximum Gasteiger partial charge on any atom is 0.317 e. The first-order chi connectivity index (χ1) is 11.1. The summed E-state index contributed by atoms with van der Waals surface area (Å²) in [7, 11) is 1.64. The molecular weight excluding hydrogens is 294 g/mol. The van der Waals surface area contributed by atoms with Crippen LogP contribution in [0.3, 0.4) is 0 Å². The second kappa shape index (κ2) is 8.53. The van der Waals surface area contributed by atoms with Crippen LogP contribution < -0.4 is 5.32 Å². The molecule has 1 atom stereocenters. The summed E-state index contributed by atoms with van der Waals surface area (Å²) in [5.41, 5.74) is 1.04. The molecular formula is C17H25N3O3. The van der Waals surface area contributed by atoms with Crippen LogP contribution in [0.5, 0.6) is 0 Å². The van der Waals surface area contributed by atoms with Gasteiger partial charge in [0, 0.05) is 46.8 Å². The lowest BCUT2D eigenvalue weighted by molar-refractivity contribution is -0.128. The van der Waals surface area contributed by atoms with E-state index in [0.717, 1.165) is 12.0 Å². The number of ether oxygens (including phenoxy) is 1. The summed E-state index contributed by atoms with van der Waals surface area (Å²) in [6, 6.07) is 9.72. The van der Waals surface area contributed by atoms with E-state index in [1.807, 2.05) is 30.3 Å². The molecule has 1 aromatic carbocycles. The van der Waals surface area contributed by atoms with E-state index in [9.17, 15) is 9.59 Å². The third kappa shape index (κ3) is 4.96. The van der Waals surface area contributed by atoms with Gasteiger partial charge in [0.25, 0.3) is 0 Å². The Balaban J connectivity index is 1.85. The summed E-state index contributed by atoms with van der Waals surface area (Å²) in [5.74, 6) is 0.0655. The van der Waals surface area contributed by atoms with Crippen molar-refractivity contribution in [1.82, 2.24) is 15.1 Å². The second-order valence-corrected chi connectivity index (χ2v) is 5.67. The van der Waals surface area contributed by atoms with E-state index in [1.165, 1.54) is 0 Å². The molecule has 1 aliphatic rings. The molecule has 1 saturated heterocycles. The Morgan fingerprint density at radius 3 is 2.43 bits per heavy atom. The highest BCUT2D eigenvalue weighted by molar-refractivity contribution is 5.75. The van der Waals surface area contributed by atoms with Crippen LogP contribution in [-0.4, -0.2) is 61.6 Å². The number of amides is 3. The van der Waals surface area contributed by atoms with Crippen LogP contribution in [0.2, 0.25) is 0 Å². The molecule has 6 nitrogen and oxygen atoms in total. The zero-order valence-electron chi connectivity index (χ0n) is 13.8. The number of benzene rings is 1. The average Bonchev–Trinajstić information content (AvgIpc) is 2.82. The summed E-state index contributed by atoms with van der Waals surface area (Å²) in [6.45, 7) is 4.52. The molecule has 1 aromatic rings. The zero-order chi connectivity index (χ0) is 16.7. The van der Waals surface area contributed by atoms with Crippen molar-refractivity contribution in [3.05, 3.63) is 35.9 Å². The number of carbonyl (C=O) groups excluding carboxylic acids is 2. The SMILES string of the molecule is COC(CNC(=O)N1CCCN(C(C)=O)CC1)c1ccccc1. The number of rotatable bonds is 4. The number of nitrogens with zero attached hydrogens (tertiary/aromatic N) is 2. The second-order valence-electron chi connectivity index (χ2n) is 5.67. The van der Waals surface area contributed by atoms with Gasteiger partial charge in [0.1, 0.15) is 0 Å². The molecule has 2 rings (SSSR count). The zero-order valence-corrected chi connectivity index (χ0v) is 13.8. The van der Waals surface area contributed by atoms with E-state index in [1.54, 1.807) is 23.8 Å². The van der Waals surface area contributed by atoms with Crippen molar-refractivity contribution in [2.45, 2.75) is 19.4 Å². The Bertz CT molecular complexity index is 521. The number of nitrogens with one attached hydrogen (secondary N) is 1. The van der Waals surface area contributed by atoms with Gasteiger partial charge in [0.05, 0.1) is 6.10 Å². The molecule has 0 aromatic heterocycles. The van der Waals surface area contributed by atoms with E-state index < -0.39 is 0 Å². The Morgan fingerprint density at radius 1 is 1.13 bits per heavy atom. The van der Waals surface area contributed by atoms with Gasteiger partial charge in [-0.2, -0.15) is 0 Å². The van der Waals surface area contributed by atoms with Crippen molar-refractivity contribution in [2.24, 2.45) is 0 Å². The average molecular weight is 319 g/mol. The van der Waals surface area contributed by atoms with E-state index >= 15 is 0 Å². The van der Waals surface area contributed by atoms with Gasteiger partial charge in [-0.05, 0) is 12.0 Å². The molecule has 0 spiro atoms. The highest BCUT2D eigenvalue weighted by Crippen LogP contribution is 2.15. The first kappa shape index (κ1) is 17.3. The summed E-state index contributed by atoms with van der Waals surface area (Å²) in [6.07, 6.45) is 0.639. The maximum absolute atomic E-state index is 12.3. The van der Waals surface area contributed by atoms with Crippen molar-refractivity contribution in [2.75, 3.05) is 39.8 Å². The predicted octanol–water partition coefficient (Wildman–Crippen LogP) is 1.64. The van der Waals surface area contributed by atoms with Gasteiger partial charge in [-0.25, -0.2) is 4.79 Å². The molecule has 1 fully saturated rings. The fourth-order valence-corrected chi connectivity index (χ4v) is 2.73. The number of hydrogen-bond acceptors (Lipinski definition) is 3. The summed E-state index contributed by atoms with van der Waals surface area (Å²) >= 11 is 0. The van der Waals surface area contributed by atoms with E-state index in [-0.39, 0.29) is 18.0 Å². The minimum atomic E-state index is -0.166. The number of carbonyl (C=O) groups is 2. The lowest BCUT2D eigenvalue weighted by Gasteiger charge is -2.23. The quantitative estimate of drug-likeness (QED) is 0.918. The largest absolute Gasteiger partial charge is 0.375 e. The highest BCUT2D eigenvalue weighted by atomic mass is 16.5. The fraction of sp³-hybridized carbons (Fsp3) is 0.529. The molecule has 3 amide bonds. The smallest absolute Gasteiger partial charge is 0.317 e. The molecule has 1 unspecified atom stereocenters. The first-order valence-corrected chi connectivity index (χ1v) is 7.98. The lowest BCUT2D eigenvalue weighted by atomic mass is 10.1. The minimum absolute atomic E-state index is 0.0655. The van der Waals surface area contributed by atoms with Crippen LogP contribution in [0, 0.1) is 0 Å². The Labute approximate surface area is 137 Å². The number of methoxy groups -OCH3 is 1. The van der Waals surface area contributed by atoms with Crippen LogP contribution in [0.1, 0.15) is 25.0 Å².